The van der Waals surface area contributed by atoms with Gasteiger partial charge in [0.05, 0.1) is 11.2 Å². The van der Waals surface area contributed by atoms with Gasteiger partial charge in [-0.15, -0.1) is 0 Å². The molecule has 26 heavy (non-hydrogen) atoms. The second kappa shape index (κ2) is 5.66. The second-order valence-electron chi connectivity index (χ2n) is 8.30. The van der Waals surface area contributed by atoms with Gasteiger partial charge >= 0.3 is 0 Å². The van der Waals surface area contributed by atoms with Crippen LogP contribution in [0.4, 0.5) is 0 Å². The minimum Gasteiger partial charge on any atom is -0.299 e. The van der Waals surface area contributed by atoms with Gasteiger partial charge in [-0.2, -0.15) is 0 Å². The van der Waals surface area contributed by atoms with Crippen molar-refractivity contribution in [3.63, 3.8) is 0 Å². The highest BCUT2D eigenvalue weighted by molar-refractivity contribution is 5.95. The van der Waals surface area contributed by atoms with E-state index >= 15 is 0 Å². The first kappa shape index (κ1) is 16.8. The Morgan fingerprint density at radius 3 is 2.27 bits per heavy atom. The van der Waals surface area contributed by atoms with Gasteiger partial charge in [0.25, 0.3) is 0 Å². The van der Waals surface area contributed by atoms with Gasteiger partial charge in [-0.3, -0.25) is 9.38 Å². The van der Waals surface area contributed by atoms with Crippen LogP contribution in [0.3, 0.4) is 0 Å². The van der Waals surface area contributed by atoms with Crippen molar-refractivity contribution >= 4 is 16.6 Å². The van der Waals surface area contributed by atoms with E-state index in [0.717, 1.165) is 27.9 Å². The maximum Gasteiger partial charge on any atom is 0.146 e. The van der Waals surface area contributed by atoms with Crippen LogP contribution in [0.1, 0.15) is 43.2 Å². The molecule has 3 heteroatoms. The lowest BCUT2D eigenvalue weighted by atomic mass is 9.91. The first-order valence-electron chi connectivity index (χ1n) is 9.11. The first-order chi connectivity index (χ1) is 12.3. The largest absolute Gasteiger partial charge is 0.299 e. The molecule has 4 rings (SSSR count). The average molecular weight is 343 g/mol. The van der Waals surface area contributed by atoms with Gasteiger partial charge in [0, 0.05) is 34.5 Å². The summed E-state index contributed by atoms with van der Waals surface area (Å²) < 4.78 is 2.19. The third-order valence-electron chi connectivity index (χ3n) is 5.04. The van der Waals surface area contributed by atoms with E-state index in [2.05, 4.69) is 81.3 Å². The molecule has 3 heterocycles. The van der Waals surface area contributed by atoms with Crippen molar-refractivity contribution < 1.29 is 0 Å². The average Bonchev–Trinajstić information content (AvgIpc) is 3.02. The number of benzene rings is 1. The van der Waals surface area contributed by atoms with Crippen LogP contribution in [-0.2, 0) is 5.41 Å². The van der Waals surface area contributed by atoms with Gasteiger partial charge in [0.15, 0.2) is 0 Å². The number of aromatic nitrogens is 3. The maximum absolute atomic E-state index is 4.99. The Kier molecular flexibility index (Phi) is 3.65. The second-order valence-corrected chi connectivity index (χ2v) is 8.30. The lowest BCUT2D eigenvalue weighted by molar-refractivity contribution is 0.571. The summed E-state index contributed by atoms with van der Waals surface area (Å²) in [5.74, 6) is 0. The molecule has 0 spiro atoms. The predicted octanol–water partition coefficient (Wildman–Crippen LogP) is 5.77. The van der Waals surface area contributed by atoms with Crippen LogP contribution in [0.25, 0.3) is 27.8 Å². The zero-order valence-electron chi connectivity index (χ0n) is 16.4. The third kappa shape index (κ3) is 2.59. The first-order valence-corrected chi connectivity index (χ1v) is 9.11. The minimum atomic E-state index is 0.0194. The molecule has 4 aromatic rings. The molecule has 0 aliphatic heterocycles. The van der Waals surface area contributed by atoms with Crippen molar-refractivity contribution in [2.75, 3.05) is 0 Å². The smallest absolute Gasteiger partial charge is 0.146 e. The molecule has 0 radical (unpaired) electrons. The van der Waals surface area contributed by atoms with Crippen molar-refractivity contribution in [1.29, 1.82) is 0 Å². The molecular weight excluding hydrogens is 318 g/mol. The molecule has 0 aliphatic carbocycles. The zero-order chi connectivity index (χ0) is 18.6. The van der Waals surface area contributed by atoms with Crippen LogP contribution >= 0.6 is 0 Å². The number of rotatable bonds is 1. The molecule has 0 aliphatic rings. The number of fused-ring (bicyclic) bond motifs is 3. The Hall–Kier alpha value is -2.68. The molecule has 0 atom stereocenters. The van der Waals surface area contributed by atoms with Crippen LogP contribution < -0.4 is 0 Å². The standard InChI is InChI=1S/C23H25N3/c1-14-11-15(2)21(16(3)12-14)19-13-18-17(22-24-9-10-26(19)22)7-8-20(25-18)23(4,5)6/h7-13H,1-6H3. The van der Waals surface area contributed by atoms with Crippen LogP contribution in [0, 0.1) is 20.8 Å². The van der Waals surface area contributed by atoms with Crippen LogP contribution in [0.5, 0.6) is 0 Å². The van der Waals surface area contributed by atoms with E-state index in [9.17, 15) is 0 Å². The van der Waals surface area contributed by atoms with Crippen molar-refractivity contribution in [3.05, 3.63) is 65.1 Å². The Balaban J connectivity index is 2.10. The molecule has 132 valence electrons. The van der Waals surface area contributed by atoms with E-state index < -0.39 is 0 Å². The third-order valence-corrected chi connectivity index (χ3v) is 5.04. The van der Waals surface area contributed by atoms with E-state index in [0.29, 0.717) is 0 Å². The normalized spacial score (nSPS) is 12.2. The summed E-state index contributed by atoms with van der Waals surface area (Å²) in [5.41, 5.74) is 9.36. The van der Waals surface area contributed by atoms with E-state index in [1.54, 1.807) is 0 Å². The minimum absolute atomic E-state index is 0.0194. The van der Waals surface area contributed by atoms with E-state index in [1.807, 2.05) is 12.4 Å². The van der Waals surface area contributed by atoms with Gasteiger partial charge in [0.1, 0.15) is 5.65 Å². The summed E-state index contributed by atoms with van der Waals surface area (Å²) in [4.78, 5) is 9.61. The van der Waals surface area contributed by atoms with Crippen LogP contribution in [0.2, 0.25) is 0 Å². The molecule has 0 saturated carbocycles. The molecule has 3 nitrogen and oxygen atoms in total. The number of nitrogens with zero attached hydrogens (tertiary/aromatic N) is 3. The SMILES string of the molecule is Cc1cc(C)c(-c2cc3nc(C(C)(C)C)ccc3c3nccn23)c(C)c1. The van der Waals surface area contributed by atoms with Crippen LogP contribution in [0.15, 0.2) is 42.7 Å². The van der Waals surface area contributed by atoms with Gasteiger partial charge in [-0.05, 0) is 50.1 Å². The van der Waals surface area contributed by atoms with Crippen molar-refractivity contribution in [2.24, 2.45) is 0 Å². The van der Waals surface area contributed by atoms with Crippen LogP contribution in [-0.4, -0.2) is 14.4 Å². The summed E-state index contributed by atoms with van der Waals surface area (Å²) in [6.07, 6.45) is 3.91. The van der Waals surface area contributed by atoms with Crippen molar-refractivity contribution in [1.82, 2.24) is 14.4 Å². The van der Waals surface area contributed by atoms with Crippen molar-refractivity contribution in [3.8, 4) is 11.3 Å². The number of aryl methyl sites for hydroxylation is 3. The summed E-state index contributed by atoms with van der Waals surface area (Å²) in [6, 6.07) is 11.0. The van der Waals surface area contributed by atoms with E-state index in [4.69, 9.17) is 4.98 Å². The molecule has 0 amide bonds. The zero-order valence-corrected chi connectivity index (χ0v) is 16.4. The Morgan fingerprint density at radius 1 is 0.923 bits per heavy atom. The summed E-state index contributed by atoms with van der Waals surface area (Å²) >= 11 is 0. The van der Waals surface area contributed by atoms with Gasteiger partial charge in [-0.25, -0.2) is 4.98 Å². The Morgan fingerprint density at radius 2 is 1.62 bits per heavy atom. The van der Waals surface area contributed by atoms with E-state index in [-0.39, 0.29) is 5.41 Å². The molecule has 0 fully saturated rings. The molecule has 0 saturated heterocycles. The van der Waals surface area contributed by atoms with E-state index in [1.165, 1.54) is 22.3 Å². The topological polar surface area (TPSA) is 30.2 Å². The maximum atomic E-state index is 4.99. The molecule has 0 N–H and O–H groups in total. The Labute approximate surface area is 154 Å². The molecule has 1 aromatic carbocycles. The molecule has 0 unspecified atom stereocenters. The lowest BCUT2D eigenvalue weighted by Crippen LogP contribution is -2.13. The fourth-order valence-electron chi connectivity index (χ4n) is 3.86. The summed E-state index contributed by atoms with van der Waals surface area (Å²) in [6.45, 7) is 13.1. The van der Waals surface area contributed by atoms with Crippen molar-refractivity contribution in [2.45, 2.75) is 47.0 Å². The summed E-state index contributed by atoms with van der Waals surface area (Å²) in [5, 5.41) is 1.09. The molecule has 0 bridgehead atoms. The number of imidazole rings is 1. The van der Waals surface area contributed by atoms with Gasteiger partial charge < -0.3 is 0 Å². The fraction of sp³-hybridized carbons (Fsp3) is 0.304. The fourth-order valence-corrected chi connectivity index (χ4v) is 3.86. The Bertz CT molecular complexity index is 1120. The highest BCUT2D eigenvalue weighted by atomic mass is 15.0. The van der Waals surface area contributed by atoms with Gasteiger partial charge in [-0.1, -0.05) is 38.5 Å². The number of hydrogen-bond donors (Lipinski definition) is 0. The number of hydrogen-bond acceptors (Lipinski definition) is 2. The summed E-state index contributed by atoms with van der Waals surface area (Å²) in [7, 11) is 0. The molecular formula is C23H25N3. The quantitative estimate of drug-likeness (QED) is 0.439. The monoisotopic (exact) mass is 343 g/mol. The predicted molar refractivity (Wildman–Crippen MR) is 109 cm³/mol. The number of pyridine rings is 2. The lowest BCUT2D eigenvalue weighted by Gasteiger charge is -2.19. The molecule has 3 aromatic heterocycles. The highest BCUT2D eigenvalue weighted by Gasteiger charge is 2.18. The highest BCUT2D eigenvalue weighted by Crippen LogP contribution is 2.33. The van der Waals surface area contributed by atoms with Gasteiger partial charge in [0.2, 0.25) is 0 Å².